The van der Waals surface area contributed by atoms with Crippen molar-refractivity contribution in [2.45, 2.75) is 33.7 Å². The molecule has 118 valence electrons. The van der Waals surface area contributed by atoms with Gasteiger partial charge in [0.25, 0.3) is 0 Å². The monoisotopic (exact) mass is 313 g/mol. The van der Waals surface area contributed by atoms with Gasteiger partial charge in [0.2, 0.25) is 11.8 Å². The number of amides is 2. The summed E-state index contributed by atoms with van der Waals surface area (Å²) in [4.78, 5) is 25.0. The second-order valence-electron chi connectivity index (χ2n) is 5.30. The van der Waals surface area contributed by atoms with E-state index in [1.54, 1.807) is 14.0 Å². The molecule has 1 aromatic carbocycles. The highest BCUT2D eigenvalue weighted by molar-refractivity contribution is 5.96. The van der Waals surface area contributed by atoms with Crippen molar-refractivity contribution >= 4 is 29.9 Å². The van der Waals surface area contributed by atoms with Crippen molar-refractivity contribution in [2.24, 2.45) is 5.73 Å². The maximum atomic E-state index is 12.0. The maximum absolute atomic E-state index is 12.0. The summed E-state index contributed by atoms with van der Waals surface area (Å²) >= 11 is 0. The minimum absolute atomic E-state index is 0. The second-order valence-corrected chi connectivity index (χ2v) is 5.30. The molecule has 3 N–H and O–H groups in total. The third kappa shape index (κ3) is 5.36. The van der Waals surface area contributed by atoms with Crippen molar-refractivity contribution in [3.8, 4) is 0 Å². The molecule has 0 radical (unpaired) electrons. The fourth-order valence-electron chi connectivity index (χ4n) is 2.20. The molecule has 6 heteroatoms. The average molecular weight is 314 g/mol. The van der Waals surface area contributed by atoms with E-state index >= 15 is 0 Å². The number of carbonyl (C=O) groups is 2. The van der Waals surface area contributed by atoms with Gasteiger partial charge in [0, 0.05) is 12.7 Å². The van der Waals surface area contributed by atoms with Crippen molar-refractivity contribution in [3.63, 3.8) is 0 Å². The Balaban J connectivity index is 0.00000400. The third-order valence-corrected chi connectivity index (χ3v) is 3.09. The summed E-state index contributed by atoms with van der Waals surface area (Å²) in [6, 6.07) is 3.43. The van der Waals surface area contributed by atoms with Crippen LogP contribution < -0.4 is 11.1 Å². The van der Waals surface area contributed by atoms with Crippen LogP contribution in [0.5, 0.6) is 0 Å². The van der Waals surface area contributed by atoms with Crippen LogP contribution in [-0.2, 0) is 9.59 Å². The largest absolute Gasteiger partial charge is 0.335 e. The summed E-state index contributed by atoms with van der Waals surface area (Å²) in [5.74, 6) is -0.478. The van der Waals surface area contributed by atoms with Gasteiger partial charge in [0.15, 0.2) is 0 Å². The normalized spacial score (nSPS) is 11.3. The van der Waals surface area contributed by atoms with Gasteiger partial charge < -0.3 is 16.0 Å². The van der Waals surface area contributed by atoms with Gasteiger partial charge >= 0.3 is 0 Å². The lowest BCUT2D eigenvalue weighted by Crippen LogP contribution is -2.43. The number of nitrogens with one attached hydrogen (secondary N) is 1. The van der Waals surface area contributed by atoms with Gasteiger partial charge in [-0.2, -0.15) is 0 Å². The van der Waals surface area contributed by atoms with Crippen LogP contribution in [0.4, 0.5) is 5.69 Å². The molecular weight excluding hydrogens is 290 g/mol. The number of aryl methyl sites for hydroxylation is 3. The van der Waals surface area contributed by atoms with Crippen LogP contribution in [-0.4, -0.2) is 36.3 Å². The highest BCUT2D eigenvalue weighted by Gasteiger charge is 2.17. The van der Waals surface area contributed by atoms with Gasteiger partial charge in [0.1, 0.15) is 0 Å². The molecule has 1 atom stereocenters. The summed E-state index contributed by atoms with van der Waals surface area (Å²) in [7, 11) is 1.57. The van der Waals surface area contributed by atoms with Gasteiger partial charge in [-0.25, -0.2) is 0 Å². The molecular formula is C15H24ClN3O2. The van der Waals surface area contributed by atoms with E-state index in [1.807, 2.05) is 32.9 Å². The fraction of sp³-hybridized carbons (Fsp3) is 0.467. The van der Waals surface area contributed by atoms with Gasteiger partial charge in [0.05, 0.1) is 12.6 Å². The number of anilines is 1. The highest BCUT2D eigenvalue weighted by Crippen LogP contribution is 2.21. The summed E-state index contributed by atoms with van der Waals surface area (Å²) in [6.45, 7) is 7.51. The lowest BCUT2D eigenvalue weighted by molar-refractivity contribution is -0.134. The lowest BCUT2D eigenvalue weighted by atomic mass is 10.1. The predicted octanol–water partition coefficient (Wildman–Crippen LogP) is 1.78. The van der Waals surface area contributed by atoms with Crippen LogP contribution in [0.15, 0.2) is 12.1 Å². The smallest absolute Gasteiger partial charge is 0.243 e. The first-order chi connectivity index (χ1) is 9.22. The van der Waals surface area contributed by atoms with Crippen LogP contribution in [0.25, 0.3) is 0 Å². The first-order valence-electron chi connectivity index (χ1n) is 6.60. The van der Waals surface area contributed by atoms with E-state index in [9.17, 15) is 9.59 Å². The van der Waals surface area contributed by atoms with Crippen molar-refractivity contribution in [1.82, 2.24) is 4.90 Å². The Kier molecular flexibility index (Phi) is 7.39. The van der Waals surface area contributed by atoms with E-state index in [0.717, 1.165) is 22.4 Å². The molecule has 5 nitrogen and oxygen atoms in total. The lowest BCUT2D eigenvalue weighted by Gasteiger charge is -2.20. The quantitative estimate of drug-likeness (QED) is 0.889. The van der Waals surface area contributed by atoms with Gasteiger partial charge in [-0.05, 0) is 38.8 Å². The third-order valence-electron chi connectivity index (χ3n) is 3.09. The second kappa shape index (κ2) is 8.00. The first kappa shape index (κ1) is 19.4. The van der Waals surface area contributed by atoms with E-state index in [-0.39, 0.29) is 30.8 Å². The number of benzene rings is 1. The number of hydrogen-bond donors (Lipinski definition) is 2. The van der Waals surface area contributed by atoms with Crippen molar-refractivity contribution in [2.75, 3.05) is 18.9 Å². The molecule has 0 bridgehead atoms. The number of rotatable bonds is 4. The maximum Gasteiger partial charge on any atom is 0.243 e. The first-order valence-corrected chi connectivity index (χ1v) is 6.60. The Morgan fingerprint density at radius 2 is 1.71 bits per heavy atom. The number of hydrogen-bond acceptors (Lipinski definition) is 3. The standard InChI is InChI=1S/C15H23N3O2.ClH/c1-9-6-10(2)14(11(3)7-9)17-13(19)8-18(5)15(20)12(4)16;/h6-7,12H,8,16H2,1-5H3,(H,17,19);1H. The molecule has 0 heterocycles. The van der Waals surface area contributed by atoms with Gasteiger partial charge in [-0.3, -0.25) is 9.59 Å². The van der Waals surface area contributed by atoms with E-state index in [2.05, 4.69) is 5.32 Å². The number of halogens is 1. The summed E-state index contributed by atoms with van der Waals surface area (Å²) in [5.41, 5.74) is 9.49. The van der Waals surface area contributed by atoms with E-state index in [4.69, 9.17) is 5.73 Å². The Hall–Kier alpha value is -1.59. The van der Waals surface area contributed by atoms with E-state index in [0.29, 0.717) is 0 Å². The molecule has 0 aliphatic heterocycles. The van der Waals surface area contributed by atoms with Crippen molar-refractivity contribution in [1.29, 1.82) is 0 Å². The van der Waals surface area contributed by atoms with Crippen molar-refractivity contribution < 1.29 is 9.59 Å². The molecule has 0 aromatic heterocycles. The zero-order chi connectivity index (χ0) is 15.4. The molecule has 1 aromatic rings. The molecule has 0 spiro atoms. The molecule has 0 aliphatic rings. The fourth-order valence-corrected chi connectivity index (χ4v) is 2.20. The molecule has 0 saturated heterocycles. The Labute approximate surface area is 132 Å². The number of nitrogens with zero attached hydrogens (tertiary/aromatic N) is 1. The summed E-state index contributed by atoms with van der Waals surface area (Å²) in [5, 5.41) is 2.86. The van der Waals surface area contributed by atoms with Crippen LogP contribution in [0.1, 0.15) is 23.6 Å². The summed E-state index contributed by atoms with van der Waals surface area (Å²) in [6.07, 6.45) is 0. The van der Waals surface area contributed by atoms with Crippen LogP contribution >= 0.6 is 12.4 Å². The SMILES string of the molecule is Cc1cc(C)c(NC(=O)CN(C)C(=O)C(C)N)c(C)c1.Cl. The zero-order valence-electron chi connectivity index (χ0n) is 13.2. The molecule has 0 fully saturated rings. The van der Waals surface area contributed by atoms with Gasteiger partial charge in [-0.1, -0.05) is 17.7 Å². The molecule has 1 rings (SSSR count). The Morgan fingerprint density at radius 3 is 2.14 bits per heavy atom. The summed E-state index contributed by atoms with van der Waals surface area (Å²) < 4.78 is 0. The number of nitrogens with two attached hydrogens (primary N) is 1. The molecule has 1 unspecified atom stereocenters. The minimum Gasteiger partial charge on any atom is -0.335 e. The number of likely N-dealkylation sites (N-methyl/N-ethyl adjacent to an activating group) is 1. The van der Waals surface area contributed by atoms with E-state index < -0.39 is 6.04 Å². The van der Waals surface area contributed by atoms with E-state index in [1.165, 1.54) is 4.90 Å². The molecule has 0 aliphatic carbocycles. The van der Waals surface area contributed by atoms with Gasteiger partial charge in [-0.15, -0.1) is 12.4 Å². The van der Waals surface area contributed by atoms with Crippen LogP contribution in [0.2, 0.25) is 0 Å². The van der Waals surface area contributed by atoms with Crippen LogP contribution in [0.3, 0.4) is 0 Å². The molecule has 0 saturated carbocycles. The molecule has 21 heavy (non-hydrogen) atoms. The average Bonchev–Trinajstić information content (AvgIpc) is 2.32. The number of carbonyl (C=O) groups excluding carboxylic acids is 2. The van der Waals surface area contributed by atoms with Crippen LogP contribution in [0, 0.1) is 20.8 Å². The topological polar surface area (TPSA) is 75.4 Å². The highest BCUT2D eigenvalue weighted by atomic mass is 35.5. The zero-order valence-corrected chi connectivity index (χ0v) is 14.0. The predicted molar refractivity (Wildman–Crippen MR) is 87.8 cm³/mol. The van der Waals surface area contributed by atoms with Crippen molar-refractivity contribution in [3.05, 3.63) is 28.8 Å². The Bertz CT molecular complexity index is 507. The Morgan fingerprint density at radius 1 is 1.24 bits per heavy atom. The molecule has 2 amide bonds. The minimum atomic E-state index is -0.601.